The van der Waals surface area contributed by atoms with Crippen LogP contribution in [-0.4, -0.2) is 25.4 Å². The van der Waals surface area contributed by atoms with Crippen LogP contribution >= 0.6 is 0 Å². The van der Waals surface area contributed by atoms with Crippen molar-refractivity contribution in [3.8, 4) is 11.3 Å². The van der Waals surface area contributed by atoms with Crippen LogP contribution in [0.4, 0.5) is 10.1 Å². The third-order valence-electron chi connectivity index (χ3n) is 4.79. The van der Waals surface area contributed by atoms with Crippen LogP contribution < -0.4 is 5.32 Å². The Morgan fingerprint density at radius 1 is 1.14 bits per heavy atom. The van der Waals surface area contributed by atoms with Gasteiger partial charge < -0.3 is 10.4 Å². The average molecular weight is 390 g/mol. The summed E-state index contributed by atoms with van der Waals surface area (Å²) in [6, 6.07) is 10.9. The van der Waals surface area contributed by atoms with Crippen LogP contribution in [0.5, 0.6) is 0 Å². The number of hydrogen-bond donors (Lipinski definition) is 2. The number of fused-ring (bicyclic) bond motifs is 1. The molecule has 0 saturated heterocycles. The fourth-order valence-corrected chi connectivity index (χ4v) is 3.12. The molecule has 0 aliphatic carbocycles. The highest BCUT2D eigenvalue weighted by Gasteiger charge is 2.13. The number of benzene rings is 2. The number of anilines is 1. The molecule has 0 atom stereocenters. The fourth-order valence-electron chi connectivity index (χ4n) is 3.12. The van der Waals surface area contributed by atoms with E-state index >= 15 is 0 Å². The van der Waals surface area contributed by atoms with Gasteiger partial charge in [0, 0.05) is 29.2 Å². The predicted octanol–water partition coefficient (Wildman–Crippen LogP) is 3.90. The normalized spacial score (nSPS) is 11.0. The van der Waals surface area contributed by atoms with E-state index < -0.39 is 5.82 Å². The Morgan fingerprint density at radius 2 is 1.93 bits per heavy atom. The lowest BCUT2D eigenvalue weighted by molar-refractivity contribution is 0.102. The van der Waals surface area contributed by atoms with Crippen molar-refractivity contribution in [3.63, 3.8) is 0 Å². The number of carbonyl (C=O) groups excluding carboxylic acids is 1. The first kappa shape index (κ1) is 18.8. The molecule has 0 fully saturated rings. The maximum absolute atomic E-state index is 13.4. The van der Waals surface area contributed by atoms with E-state index in [0.29, 0.717) is 28.3 Å². The Hall–Kier alpha value is -3.58. The molecular weight excluding hydrogens is 371 g/mol. The first-order chi connectivity index (χ1) is 13.9. The van der Waals surface area contributed by atoms with Crippen LogP contribution in [0.15, 0.2) is 55.0 Å². The average Bonchev–Trinajstić information content (AvgIpc) is 3.13. The third kappa shape index (κ3) is 3.72. The largest absolute Gasteiger partial charge is 0.392 e. The number of aryl methyl sites for hydroxylation is 2. The molecule has 6 nitrogen and oxygen atoms in total. The number of nitrogens with zero attached hydrogens (tertiary/aromatic N) is 3. The van der Waals surface area contributed by atoms with Crippen LogP contribution in [0, 0.1) is 19.7 Å². The van der Waals surface area contributed by atoms with Gasteiger partial charge in [0.2, 0.25) is 5.78 Å². The van der Waals surface area contributed by atoms with Gasteiger partial charge in [-0.3, -0.25) is 9.20 Å². The third-order valence-corrected chi connectivity index (χ3v) is 4.79. The Balaban J connectivity index is 1.67. The number of aliphatic hydroxyl groups excluding tert-OH is 1. The van der Waals surface area contributed by atoms with Gasteiger partial charge in [0.15, 0.2) is 5.82 Å². The van der Waals surface area contributed by atoms with Crippen molar-refractivity contribution in [2.45, 2.75) is 20.5 Å². The first-order valence-corrected chi connectivity index (χ1v) is 9.07. The molecule has 2 aromatic carbocycles. The minimum absolute atomic E-state index is 0.127. The molecule has 0 aliphatic heterocycles. The van der Waals surface area contributed by atoms with Crippen LogP contribution in [0.25, 0.3) is 17.0 Å². The Morgan fingerprint density at radius 3 is 2.72 bits per heavy atom. The standard InChI is InChI=1S/C22H19FN4O2/c1-13-3-5-15(12-28)7-18(13)21(29)25-19-8-16(6-4-14(19)2)20-11-27-10-17(23)9-24-22(27)26-20/h3-11,28H,12H2,1-2H3,(H,25,29). The highest BCUT2D eigenvalue weighted by atomic mass is 19.1. The zero-order valence-corrected chi connectivity index (χ0v) is 16.0. The molecule has 0 aliphatic rings. The lowest BCUT2D eigenvalue weighted by atomic mass is 10.0. The van der Waals surface area contributed by atoms with Crippen molar-refractivity contribution < 1.29 is 14.3 Å². The summed E-state index contributed by atoms with van der Waals surface area (Å²) in [7, 11) is 0. The number of rotatable bonds is 4. The van der Waals surface area contributed by atoms with Gasteiger partial charge in [-0.15, -0.1) is 0 Å². The van der Waals surface area contributed by atoms with Crippen molar-refractivity contribution in [2.75, 3.05) is 5.32 Å². The number of amides is 1. The second kappa shape index (κ2) is 7.44. The van der Waals surface area contributed by atoms with E-state index in [1.165, 1.54) is 10.6 Å². The molecule has 0 saturated carbocycles. The molecule has 4 aromatic rings. The van der Waals surface area contributed by atoms with Gasteiger partial charge in [0.05, 0.1) is 18.5 Å². The summed E-state index contributed by atoms with van der Waals surface area (Å²) in [5.41, 5.74) is 4.95. The van der Waals surface area contributed by atoms with E-state index in [0.717, 1.165) is 22.9 Å². The van der Waals surface area contributed by atoms with Crippen molar-refractivity contribution in [1.29, 1.82) is 0 Å². The van der Waals surface area contributed by atoms with E-state index in [2.05, 4.69) is 15.3 Å². The van der Waals surface area contributed by atoms with Crippen molar-refractivity contribution in [1.82, 2.24) is 14.4 Å². The van der Waals surface area contributed by atoms with E-state index in [4.69, 9.17) is 0 Å². The quantitative estimate of drug-likeness (QED) is 0.554. The van der Waals surface area contributed by atoms with Gasteiger partial charge in [0.25, 0.3) is 5.91 Å². The number of aromatic nitrogens is 3. The molecule has 7 heteroatoms. The topological polar surface area (TPSA) is 79.5 Å². The minimum Gasteiger partial charge on any atom is -0.392 e. The smallest absolute Gasteiger partial charge is 0.255 e. The van der Waals surface area contributed by atoms with Gasteiger partial charge in [0.1, 0.15) is 0 Å². The summed E-state index contributed by atoms with van der Waals surface area (Å²) in [6.07, 6.45) is 4.12. The molecule has 0 radical (unpaired) electrons. The second-order valence-corrected chi connectivity index (χ2v) is 6.90. The maximum Gasteiger partial charge on any atom is 0.255 e. The molecular formula is C22H19FN4O2. The Kier molecular flexibility index (Phi) is 4.82. The van der Waals surface area contributed by atoms with E-state index in [9.17, 15) is 14.3 Å². The summed E-state index contributed by atoms with van der Waals surface area (Å²) >= 11 is 0. The number of aliphatic hydroxyl groups is 1. The SMILES string of the molecule is Cc1ccc(-c2cn3cc(F)cnc3n2)cc1NC(=O)c1cc(CO)ccc1C. The fraction of sp³-hybridized carbons (Fsp3) is 0.136. The van der Waals surface area contributed by atoms with E-state index in [1.807, 2.05) is 38.1 Å². The summed E-state index contributed by atoms with van der Waals surface area (Å²) in [5.74, 6) is -0.306. The van der Waals surface area contributed by atoms with E-state index in [1.54, 1.807) is 18.3 Å². The first-order valence-electron chi connectivity index (χ1n) is 9.07. The molecule has 0 spiro atoms. The van der Waals surface area contributed by atoms with Crippen LogP contribution in [0.1, 0.15) is 27.0 Å². The lowest BCUT2D eigenvalue weighted by Gasteiger charge is -2.12. The molecule has 29 heavy (non-hydrogen) atoms. The zero-order valence-electron chi connectivity index (χ0n) is 16.0. The van der Waals surface area contributed by atoms with Crippen molar-refractivity contribution >= 4 is 17.4 Å². The highest BCUT2D eigenvalue weighted by Crippen LogP contribution is 2.26. The van der Waals surface area contributed by atoms with Gasteiger partial charge in [-0.1, -0.05) is 24.3 Å². The Labute approximate surface area is 166 Å². The van der Waals surface area contributed by atoms with E-state index in [-0.39, 0.29) is 12.5 Å². The number of imidazole rings is 1. The summed E-state index contributed by atoms with van der Waals surface area (Å²) < 4.78 is 14.9. The van der Waals surface area contributed by atoms with Crippen molar-refractivity contribution in [2.24, 2.45) is 0 Å². The van der Waals surface area contributed by atoms with Crippen molar-refractivity contribution in [3.05, 3.63) is 83.1 Å². The second-order valence-electron chi connectivity index (χ2n) is 6.90. The van der Waals surface area contributed by atoms with Gasteiger partial charge in [-0.25, -0.2) is 14.4 Å². The molecule has 2 aromatic heterocycles. The molecule has 0 unspecified atom stereocenters. The predicted molar refractivity (Wildman–Crippen MR) is 108 cm³/mol. The number of carbonyl (C=O) groups is 1. The number of nitrogens with one attached hydrogen (secondary N) is 1. The number of hydrogen-bond acceptors (Lipinski definition) is 4. The van der Waals surface area contributed by atoms with Crippen LogP contribution in [0.2, 0.25) is 0 Å². The molecule has 2 N–H and O–H groups in total. The molecule has 0 bridgehead atoms. The van der Waals surface area contributed by atoms with Gasteiger partial charge in [-0.05, 0) is 42.7 Å². The monoisotopic (exact) mass is 390 g/mol. The van der Waals surface area contributed by atoms with Crippen LogP contribution in [0.3, 0.4) is 0 Å². The highest BCUT2D eigenvalue weighted by molar-refractivity contribution is 6.06. The molecule has 2 heterocycles. The number of halogens is 1. The Bertz CT molecular complexity index is 1230. The summed E-state index contributed by atoms with van der Waals surface area (Å²) in [5, 5.41) is 12.3. The summed E-state index contributed by atoms with van der Waals surface area (Å²) in [4.78, 5) is 21.2. The summed E-state index contributed by atoms with van der Waals surface area (Å²) in [6.45, 7) is 3.62. The molecule has 1 amide bonds. The molecule has 4 rings (SSSR count). The van der Waals surface area contributed by atoms with Gasteiger partial charge in [-0.2, -0.15) is 0 Å². The zero-order chi connectivity index (χ0) is 20.5. The minimum atomic E-state index is -0.446. The van der Waals surface area contributed by atoms with Crippen LogP contribution in [-0.2, 0) is 6.61 Å². The van der Waals surface area contributed by atoms with Gasteiger partial charge >= 0.3 is 0 Å². The lowest BCUT2D eigenvalue weighted by Crippen LogP contribution is -2.14. The maximum atomic E-state index is 13.4. The molecule has 146 valence electrons.